The van der Waals surface area contributed by atoms with Gasteiger partial charge in [0, 0.05) is 24.7 Å². The Morgan fingerprint density at radius 1 is 1.44 bits per heavy atom. The Balaban J connectivity index is 2.08. The molecule has 3 heteroatoms. The standard InChI is InChI=1S/C15H24N2O/c1-12-8-9-17(10-12)11-14(16-2)13-6-4-5-7-15(13)18-3/h4-7,12,14,16H,8-11H2,1-3H3. The van der Waals surface area contributed by atoms with Gasteiger partial charge in [-0.2, -0.15) is 0 Å². The number of para-hydroxylation sites is 1. The lowest BCUT2D eigenvalue weighted by molar-refractivity contribution is 0.287. The molecular weight excluding hydrogens is 224 g/mol. The topological polar surface area (TPSA) is 24.5 Å². The van der Waals surface area contributed by atoms with Crippen molar-refractivity contribution in [1.82, 2.24) is 10.2 Å². The van der Waals surface area contributed by atoms with E-state index in [0.717, 1.165) is 18.2 Å². The van der Waals surface area contributed by atoms with Gasteiger partial charge in [-0.05, 0) is 32.0 Å². The van der Waals surface area contributed by atoms with E-state index in [1.54, 1.807) is 7.11 Å². The van der Waals surface area contributed by atoms with Gasteiger partial charge in [0.15, 0.2) is 0 Å². The molecule has 100 valence electrons. The van der Waals surface area contributed by atoms with Gasteiger partial charge in [-0.25, -0.2) is 0 Å². The molecule has 1 aliphatic rings. The van der Waals surface area contributed by atoms with Crippen LogP contribution in [0.4, 0.5) is 0 Å². The molecule has 3 nitrogen and oxygen atoms in total. The molecule has 0 bridgehead atoms. The Bertz CT molecular complexity index is 381. The van der Waals surface area contributed by atoms with Crippen LogP contribution in [0.25, 0.3) is 0 Å². The van der Waals surface area contributed by atoms with E-state index in [1.807, 2.05) is 19.2 Å². The molecule has 2 unspecified atom stereocenters. The summed E-state index contributed by atoms with van der Waals surface area (Å²) in [5.41, 5.74) is 1.25. The highest BCUT2D eigenvalue weighted by atomic mass is 16.5. The first kappa shape index (κ1) is 13.4. The quantitative estimate of drug-likeness (QED) is 0.865. The first-order valence-corrected chi connectivity index (χ1v) is 6.77. The number of hydrogen-bond donors (Lipinski definition) is 1. The summed E-state index contributed by atoms with van der Waals surface area (Å²) >= 11 is 0. The van der Waals surface area contributed by atoms with E-state index in [1.165, 1.54) is 25.1 Å². The van der Waals surface area contributed by atoms with Gasteiger partial charge in [0.1, 0.15) is 5.75 Å². The number of likely N-dealkylation sites (tertiary alicyclic amines) is 1. The summed E-state index contributed by atoms with van der Waals surface area (Å²) in [5, 5.41) is 3.41. The molecule has 1 aliphatic heterocycles. The number of ether oxygens (including phenoxy) is 1. The van der Waals surface area contributed by atoms with Gasteiger partial charge in [-0.1, -0.05) is 25.1 Å². The van der Waals surface area contributed by atoms with E-state index in [9.17, 15) is 0 Å². The van der Waals surface area contributed by atoms with Crippen LogP contribution in [0, 0.1) is 5.92 Å². The Morgan fingerprint density at radius 2 is 2.22 bits per heavy atom. The zero-order valence-electron chi connectivity index (χ0n) is 11.6. The average molecular weight is 248 g/mol. The molecule has 1 aromatic rings. The van der Waals surface area contributed by atoms with Crippen molar-refractivity contribution in [3.05, 3.63) is 29.8 Å². The van der Waals surface area contributed by atoms with Crippen LogP contribution in [-0.2, 0) is 0 Å². The van der Waals surface area contributed by atoms with E-state index in [-0.39, 0.29) is 0 Å². The lowest BCUT2D eigenvalue weighted by Crippen LogP contribution is -2.32. The fourth-order valence-electron chi connectivity index (χ4n) is 2.75. The van der Waals surface area contributed by atoms with E-state index >= 15 is 0 Å². The summed E-state index contributed by atoms with van der Waals surface area (Å²) in [6.07, 6.45) is 1.32. The molecule has 1 aromatic carbocycles. The first-order chi connectivity index (χ1) is 8.74. The molecule has 2 atom stereocenters. The second-order valence-electron chi connectivity index (χ2n) is 5.24. The van der Waals surface area contributed by atoms with Crippen molar-refractivity contribution in [3.8, 4) is 5.75 Å². The Morgan fingerprint density at radius 3 is 2.83 bits per heavy atom. The number of likely N-dealkylation sites (N-methyl/N-ethyl adjacent to an activating group) is 1. The van der Waals surface area contributed by atoms with Gasteiger partial charge in [-0.3, -0.25) is 0 Å². The Hall–Kier alpha value is -1.06. The molecule has 0 radical (unpaired) electrons. The molecule has 0 saturated carbocycles. The van der Waals surface area contributed by atoms with Gasteiger partial charge in [0.2, 0.25) is 0 Å². The predicted molar refractivity (Wildman–Crippen MR) is 75.0 cm³/mol. The summed E-state index contributed by atoms with van der Waals surface area (Å²) in [6, 6.07) is 8.62. The minimum atomic E-state index is 0.339. The number of nitrogens with one attached hydrogen (secondary N) is 1. The molecule has 0 spiro atoms. The van der Waals surface area contributed by atoms with E-state index < -0.39 is 0 Å². The fraction of sp³-hybridized carbons (Fsp3) is 0.600. The smallest absolute Gasteiger partial charge is 0.123 e. The van der Waals surface area contributed by atoms with Crippen molar-refractivity contribution < 1.29 is 4.74 Å². The third-order valence-corrected chi connectivity index (χ3v) is 3.81. The van der Waals surface area contributed by atoms with Crippen LogP contribution in [0.2, 0.25) is 0 Å². The largest absolute Gasteiger partial charge is 0.496 e. The molecule has 1 saturated heterocycles. The predicted octanol–water partition coefficient (Wildman–Crippen LogP) is 2.30. The van der Waals surface area contributed by atoms with Crippen LogP contribution < -0.4 is 10.1 Å². The lowest BCUT2D eigenvalue weighted by Gasteiger charge is -2.25. The van der Waals surface area contributed by atoms with E-state index in [0.29, 0.717) is 6.04 Å². The molecule has 0 aliphatic carbocycles. The van der Waals surface area contributed by atoms with Crippen molar-refractivity contribution in [2.75, 3.05) is 33.8 Å². The fourth-order valence-corrected chi connectivity index (χ4v) is 2.75. The maximum Gasteiger partial charge on any atom is 0.123 e. The number of nitrogens with zero attached hydrogens (tertiary/aromatic N) is 1. The van der Waals surface area contributed by atoms with Crippen LogP contribution in [0.3, 0.4) is 0 Å². The second kappa shape index (κ2) is 6.21. The van der Waals surface area contributed by atoms with Gasteiger partial charge in [-0.15, -0.1) is 0 Å². The zero-order chi connectivity index (χ0) is 13.0. The van der Waals surface area contributed by atoms with Gasteiger partial charge >= 0.3 is 0 Å². The molecule has 1 fully saturated rings. The SMILES string of the molecule is CNC(CN1CCC(C)C1)c1ccccc1OC. The monoisotopic (exact) mass is 248 g/mol. The third-order valence-electron chi connectivity index (χ3n) is 3.81. The lowest BCUT2D eigenvalue weighted by atomic mass is 10.1. The molecule has 0 aromatic heterocycles. The molecular formula is C15H24N2O. The molecule has 2 rings (SSSR count). The maximum absolute atomic E-state index is 5.46. The number of rotatable bonds is 5. The van der Waals surface area contributed by atoms with Gasteiger partial charge in [0.05, 0.1) is 7.11 Å². The summed E-state index contributed by atoms with van der Waals surface area (Å²) in [5.74, 6) is 1.81. The first-order valence-electron chi connectivity index (χ1n) is 6.77. The summed E-state index contributed by atoms with van der Waals surface area (Å²) in [7, 11) is 3.76. The third kappa shape index (κ3) is 3.03. The summed E-state index contributed by atoms with van der Waals surface area (Å²) < 4.78 is 5.46. The minimum Gasteiger partial charge on any atom is -0.496 e. The van der Waals surface area contributed by atoms with Crippen LogP contribution in [-0.4, -0.2) is 38.7 Å². The van der Waals surface area contributed by atoms with Gasteiger partial charge in [0.25, 0.3) is 0 Å². The highest BCUT2D eigenvalue weighted by molar-refractivity contribution is 5.36. The van der Waals surface area contributed by atoms with Crippen molar-refractivity contribution in [3.63, 3.8) is 0 Å². The number of methoxy groups -OCH3 is 1. The Labute approximate surface area is 110 Å². The average Bonchev–Trinajstić information content (AvgIpc) is 2.81. The van der Waals surface area contributed by atoms with Crippen molar-refractivity contribution in [2.45, 2.75) is 19.4 Å². The van der Waals surface area contributed by atoms with E-state index in [2.05, 4.69) is 29.3 Å². The van der Waals surface area contributed by atoms with Crippen LogP contribution >= 0.6 is 0 Å². The number of hydrogen-bond acceptors (Lipinski definition) is 3. The van der Waals surface area contributed by atoms with E-state index in [4.69, 9.17) is 4.74 Å². The second-order valence-corrected chi connectivity index (χ2v) is 5.24. The normalized spacial score (nSPS) is 22.1. The Kier molecular flexibility index (Phi) is 4.61. The van der Waals surface area contributed by atoms with Crippen molar-refractivity contribution in [2.24, 2.45) is 5.92 Å². The van der Waals surface area contributed by atoms with Crippen LogP contribution in [0.15, 0.2) is 24.3 Å². The zero-order valence-corrected chi connectivity index (χ0v) is 11.6. The summed E-state index contributed by atoms with van der Waals surface area (Å²) in [6.45, 7) is 5.82. The van der Waals surface area contributed by atoms with Crippen molar-refractivity contribution >= 4 is 0 Å². The van der Waals surface area contributed by atoms with Crippen molar-refractivity contribution in [1.29, 1.82) is 0 Å². The van der Waals surface area contributed by atoms with Crippen LogP contribution in [0.1, 0.15) is 24.9 Å². The maximum atomic E-state index is 5.46. The van der Waals surface area contributed by atoms with Gasteiger partial charge < -0.3 is 15.0 Å². The minimum absolute atomic E-state index is 0.339. The molecule has 0 amide bonds. The number of benzene rings is 1. The highest BCUT2D eigenvalue weighted by Crippen LogP contribution is 2.26. The highest BCUT2D eigenvalue weighted by Gasteiger charge is 2.23. The molecule has 1 N–H and O–H groups in total. The molecule has 18 heavy (non-hydrogen) atoms. The van der Waals surface area contributed by atoms with Crippen LogP contribution in [0.5, 0.6) is 5.75 Å². The molecule has 1 heterocycles. The summed E-state index contributed by atoms with van der Waals surface area (Å²) in [4.78, 5) is 2.54.